The number of sulfonamides is 1. The third-order valence-corrected chi connectivity index (χ3v) is 10.3. The minimum Gasteiger partial charge on any atom is -0.310 e. The maximum atomic E-state index is 14.1. The van der Waals surface area contributed by atoms with Gasteiger partial charge in [-0.2, -0.15) is 0 Å². The molecule has 0 aliphatic carbocycles. The third kappa shape index (κ3) is 5.28. The lowest BCUT2D eigenvalue weighted by molar-refractivity contribution is 0.0687. The maximum Gasteiger partial charge on any atom is 0.330 e. The Bertz CT molecular complexity index is 1830. The van der Waals surface area contributed by atoms with Crippen LogP contribution < -0.4 is 14.5 Å². The number of urea groups is 1. The molecular weight excluding hydrogens is 590 g/mol. The van der Waals surface area contributed by atoms with Crippen LogP contribution in [0.15, 0.2) is 89.8 Å². The van der Waals surface area contributed by atoms with Crippen molar-refractivity contribution in [2.24, 2.45) is 0 Å². The van der Waals surface area contributed by atoms with Crippen molar-refractivity contribution in [3.8, 4) is 0 Å². The van der Waals surface area contributed by atoms with Crippen LogP contribution in [-0.2, 0) is 22.9 Å². The second kappa shape index (κ2) is 11.6. The number of nitrogens with zero attached hydrogens (tertiary/aromatic N) is 4. The molecule has 0 saturated carbocycles. The molecule has 2 aromatic heterocycles. The van der Waals surface area contributed by atoms with Gasteiger partial charge in [-0.25, -0.2) is 17.6 Å². The Morgan fingerprint density at radius 1 is 1.12 bits per heavy atom. The van der Waals surface area contributed by atoms with Gasteiger partial charge < -0.3 is 10.2 Å². The summed E-state index contributed by atoms with van der Waals surface area (Å²) in [6.45, 7) is 3.56. The average molecular weight is 618 g/mol. The van der Waals surface area contributed by atoms with Gasteiger partial charge in [-0.05, 0) is 54.8 Å². The maximum absolute atomic E-state index is 14.1. The van der Waals surface area contributed by atoms with Crippen LogP contribution in [-0.4, -0.2) is 50.1 Å². The minimum atomic E-state index is -3.95. The van der Waals surface area contributed by atoms with Crippen LogP contribution in [0.1, 0.15) is 32.9 Å². The number of para-hydroxylation sites is 1. The smallest absolute Gasteiger partial charge is 0.310 e. The summed E-state index contributed by atoms with van der Waals surface area (Å²) >= 11 is 1.08. The lowest BCUT2D eigenvalue weighted by Crippen LogP contribution is -2.39. The highest BCUT2D eigenvalue weighted by Crippen LogP contribution is 2.41. The van der Waals surface area contributed by atoms with Gasteiger partial charge in [0.05, 0.1) is 27.7 Å². The summed E-state index contributed by atoms with van der Waals surface area (Å²) in [5.74, 6) is -0.540. The number of nitrogens with one attached hydrogen (secondary N) is 1. The first kappa shape index (κ1) is 28.6. The highest BCUT2D eigenvalue weighted by atomic mass is 32.2. The number of alkyl halides is 1. The standard InChI is InChI=1S/C31H28FN5O4S2/c1-21-28-26(19-42-29(28)30(38)35(20-32)17-14-23-10-4-5-15-33-23)34-31(39)37(21)24-11-6-12-25(18-24)43(40,41)36-16-7-9-22-8-2-3-13-27(22)36/h2-6,8,10-13,15,18-19H,1,7,9,14,16-17,20H2,(H,34,39). The van der Waals surface area contributed by atoms with Gasteiger partial charge in [-0.15, -0.1) is 11.3 Å². The number of hydrogen-bond acceptors (Lipinski definition) is 6. The number of carbonyl (C=O) groups is 2. The van der Waals surface area contributed by atoms with Gasteiger partial charge >= 0.3 is 6.03 Å². The summed E-state index contributed by atoms with van der Waals surface area (Å²) in [7, 11) is -3.95. The fourth-order valence-electron chi connectivity index (χ4n) is 5.39. The Hall–Kier alpha value is -4.55. The van der Waals surface area contributed by atoms with Crippen molar-refractivity contribution in [3.63, 3.8) is 0 Å². The number of anilines is 3. The lowest BCUT2D eigenvalue weighted by Gasteiger charge is -2.32. The number of halogens is 1. The van der Waals surface area contributed by atoms with Crippen LogP contribution >= 0.6 is 11.3 Å². The van der Waals surface area contributed by atoms with Gasteiger partial charge in [-0.3, -0.25) is 19.0 Å². The fraction of sp³-hybridized carbons (Fsp3) is 0.194. The molecule has 3 amide bonds. The monoisotopic (exact) mass is 617 g/mol. The van der Waals surface area contributed by atoms with Crippen molar-refractivity contribution in [1.82, 2.24) is 9.88 Å². The second-order valence-corrected chi connectivity index (χ2v) is 12.9. The number of aromatic nitrogens is 1. The Balaban J connectivity index is 1.29. The highest BCUT2D eigenvalue weighted by molar-refractivity contribution is 7.92. The number of aryl methyl sites for hydroxylation is 1. The zero-order chi connectivity index (χ0) is 30.1. The van der Waals surface area contributed by atoms with Gasteiger partial charge in [0.2, 0.25) is 0 Å². The Morgan fingerprint density at radius 3 is 2.72 bits per heavy atom. The molecule has 0 spiro atoms. The van der Waals surface area contributed by atoms with E-state index in [1.54, 1.807) is 35.8 Å². The van der Waals surface area contributed by atoms with Crippen LogP contribution in [0.4, 0.5) is 26.2 Å². The molecule has 2 aromatic carbocycles. The van der Waals surface area contributed by atoms with E-state index in [0.29, 0.717) is 36.3 Å². The van der Waals surface area contributed by atoms with Crippen LogP contribution in [0.2, 0.25) is 0 Å². The Morgan fingerprint density at radius 2 is 1.93 bits per heavy atom. The van der Waals surface area contributed by atoms with Crippen molar-refractivity contribution in [1.29, 1.82) is 0 Å². The van der Waals surface area contributed by atoms with E-state index >= 15 is 0 Å². The number of hydrogen-bond donors (Lipinski definition) is 1. The summed E-state index contributed by atoms with van der Waals surface area (Å²) < 4.78 is 43.1. The molecule has 43 heavy (non-hydrogen) atoms. The molecule has 4 aromatic rings. The van der Waals surface area contributed by atoms with Crippen LogP contribution in [0, 0.1) is 0 Å². The number of rotatable bonds is 8. The Labute approximate surface area is 252 Å². The van der Waals surface area contributed by atoms with E-state index in [1.807, 2.05) is 30.3 Å². The van der Waals surface area contributed by atoms with Crippen molar-refractivity contribution in [2.75, 3.05) is 34.4 Å². The SMILES string of the molecule is C=C1c2c(csc2C(=O)N(CF)CCc2ccccn2)NC(=O)N1c1cccc(S(=O)(=O)N2CCCc3ccccc32)c1. The topological polar surface area (TPSA) is 103 Å². The van der Waals surface area contributed by atoms with E-state index in [-0.39, 0.29) is 27.7 Å². The highest BCUT2D eigenvalue weighted by Gasteiger charge is 2.35. The predicted octanol–water partition coefficient (Wildman–Crippen LogP) is 5.92. The van der Waals surface area contributed by atoms with Crippen LogP contribution in [0.25, 0.3) is 5.70 Å². The molecule has 0 unspecified atom stereocenters. The molecule has 6 rings (SSSR count). The molecule has 0 radical (unpaired) electrons. The molecule has 9 nitrogen and oxygen atoms in total. The molecule has 0 atom stereocenters. The summed E-state index contributed by atoms with van der Waals surface area (Å²) in [6, 6.07) is 18.4. The summed E-state index contributed by atoms with van der Waals surface area (Å²) in [6.07, 6.45) is 3.50. The van der Waals surface area contributed by atoms with E-state index in [0.717, 1.165) is 33.9 Å². The molecular formula is C31H28FN5O4S2. The zero-order valence-corrected chi connectivity index (χ0v) is 24.7. The van der Waals surface area contributed by atoms with E-state index in [1.165, 1.54) is 21.3 Å². The fourth-order valence-corrected chi connectivity index (χ4v) is 7.96. The van der Waals surface area contributed by atoms with Gasteiger partial charge in [0.15, 0.2) is 6.80 Å². The van der Waals surface area contributed by atoms with E-state index in [4.69, 9.17) is 0 Å². The average Bonchev–Trinajstić information content (AvgIpc) is 3.45. The first-order chi connectivity index (χ1) is 20.8. The van der Waals surface area contributed by atoms with Gasteiger partial charge in [0.25, 0.3) is 15.9 Å². The molecule has 0 fully saturated rings. The molecule has 1 N–H and O–H groups in total. The molecule has 0 saturated heterocycles. The molecule has 220 valence electrons. The number of pyridine rings is 1. The van der Waals surface area contributed by atoms with Crippen molar-refractivity contribution in [3.05, 3.63) is 107 Å². The van der Waals surface area contributed by atoms with E-state index in [2.05, 4.69) is 16.9 Å². The number of amides is 3. The second-order valence-electron chi connectivity index (χ2n) is 10.1. The number of fused-ring (bicyclic) bond motifs is 2. The van der Waals surface area contributed by atoms with E-state index in [9.17, 15) is 22.4 Å². The summed E-state index contributed by atoms with van der Waals surface area (Å²) in [4.78, 5) is 33.5. The van der Waals surface area contributed by atoms with Crippen LogP contribution in [0.5, 0.6) is 0 Å². The minimum absolute atomic E-state index is 0.0212. The number of carbonyl (C=O) groups excluding carboxylic acids is 2. The molecule has 4 heterocycles. The number of thiophene rings is 1. The van der Waals surface area contributed by atoms with Crippen molar-refractivity contribution >= 4 is 56.1 Å². The molecule has 0 bridgehead atoms. The van der Waals surface area contributed by atoms with Gasteiger partial charge in [0, 0.05) is 42.3 Å². The normalized spacial score (nSPS) is 14.6. The summed E-state index contributed by atoms with van der Waals surface area (Å²) in [5.41, 5.74) is 3.53. The van der Waals surface area contributed by atoms with Crippen molar-refractivity contribution < 1.29 is 22.4 Å². The first-order valence-electron chi connectivity index (χ1n) is 13.7. The van der Waals surface area contributed by atoms with Gasteiger partial charge in [-0.1, -0.05) is 36.9 Å². The summed E-state index contributed by atoms with van der Waals surface area (Å²) in [5, 5.41) is 4.38. The number of benzene rings is 2. The predicted molar refractivity (Wildman–Crippen MR) is 166 cm³/mol. The zero-order valence-electron chi connectivity index (χ0n) is 23.1. The van der Waals surface area contributed by atoms with Crippen LogP contribution in [0.3, 0.4) is 0 Å². The Kier molecular flexibility index (Phi) is 7.72. The molecule has 12 heteroatoms. The molecule has 2 aliphatic rings. The third-order valence-electron chi connectivity index (χ3n) is 7.52. The molecule has 2 aliphatic heterocycles. The van der Waals surface area contributed by atoms with E-state index < -0.39 is 28.8 Å². The quantitative estimate of drug-likeness (QED) is 0.247. The van der Waals surface area contributed by atoms with Gasteiger partial charge in [0.1, 0.15) is 4.88 Å². The first-order valence-corrected chi connectivity index (χ1v) is 16.0. The van der Waals surface area contributed by atoms with Crippen molar-refractivity contribution in [2.45, 2.75) is 24.2 Å². The largest absolute Gasteiger partial charge is 0.330 e. The lowest BCUT2D eigenvalue weighted by atomic mass is 10.0.